The van der Waals surface area contributed by atoms with Gasteiger partial charge in [-0.15, -0.1) is 0 Å². The van der Waals surface area contributed by atoms with E-state index < -0.39 is 16.1 Å². The summed E-state index contributed by atoms with van der Waals surface area (Å²) in [5.74, 6) is 0.132. The lowest BCUT2D eigenvalue weighted by atomic mass is 10.1. The third-order valence-corrected chi connectivity index (χ3v) is 6.06. The lowest BCUT2D eigenvalue weighted by Gasteiger charge is -2.12. The molecule has 0 N–H and O–H groups in total. The van der Waals surface area contributed by atoms with Crippen molar-refractivity contribution in [3.63, 3.8) is 0 Å². The normalized spacial score (nSPS) is 14.5. The van der Waals surface area contributed by atoms with Crippen molar-refractivity contribution >= 4 is 34.7 Å². The quantitative estimate of drug-likeness (QED) is 0.230. The van der Waals surface area contributed by atoms with Crippen molar-refractivity contribution in [2.24, 2.45) is 0 Å². The number of hydrogen-bond acceptors (Lipinski definition) is 7. The number of carbonyl (C=O) groups excluding carboxylic acids is 2. The van der Waals surface area contributed by atoms with E-state index in [-0.39, 0.29) is 29.6 Å². The van der Waals surface area contributed by atoms with Crippen LogP contribution in [-0.2, 0) is 17.9 Å². The van der Waals surface area contributed by atoms with Crippen molar-refractivity contribution in [1.29, 1.82) is 0 Å². The highest BCUT2D eigenvalue weighted by molar-refractivity contribution is 8.18. The Bertz CT molecular complexity index is 1310. The molecule has 1 saturated heterocycles. The molecule has 2 amide bonds. The van der Waals surface area contributed by atoms with E-state index in [0.717, 1.165) is 22.2 Å². The number of hydrogen-bond donors (Lipinski definition) is 0. The maximum Gasteiger partial charge on any atom is 0.293 e. The highest BCUT2D eigenvalue weighted by Gasteiger charge is 2.35. The van der Waals surface area contributed by atoms with Gasteiger partial charge in [-0.05, 0) is 58.8 Å². The van der Waals surface area contributed by atoms with Crippen LogP contribution in [0, 0.1) is 15.9 Å². The minimum Gasteiger partial charge on any atom is -0.493 e. The second kappa shape index (κ2) is 10.4. The van der Waals surface area contributed by atoms with E-state index in [9.17, 15) is 24.1 Å². The first-order valence-electron chi connectivity index (χ1n) is 10.4. The number of imide groups is 1. The van der Waals surface area contributed by atoms with Crippen molar-refractivity contribution in [3.05, 3.63) is 104 Å². The second-order valence-corrected chi connectivity index (χ2v) is 8.51. The highest BCUT2D eigenvalue weighted by atomic mass is 32.2. The SMILES string of the molecule is COc1cc(/C=C2/SC(=O)N(Cc3ccc([N+](=O)[O-])cc3)C2=O)ccc1OCc1ccc(F)cc1. The van der Waals surface area contributed by atoms with Crippen LogP contribution >= 0.6 is 11.8 Å². The van der Waals surface area contributed by atoms with Gasteiger partial charge < -0.3 is 9.47 Å². The van der Waals surface area contributed by atoms with Gasteiger partial charge in [0.15, 0.2) is 11.5 Å². The number of ether oxygens (including phenoxy) is 2. The van der Waals surface area contributed by atoms with Crippen molar-refractivity contribution in [2.45, 2.75) is 13.2 Å². The zero-order chi connectivity index (χ0) is 24.9. The maximum absolute atomic E-state index is 13.1. The Morgan fingerprint density at radius 2 is 1.69 bits per heavy atom. The van der Waals surface area contributed by atoms with E-state index in [1.807, 2.05) is 0 Å². The number of nitrogens with zero attached hydrogens (tertiary/aromatic N) is 2. The van der Waals surface area contributed by atoms with Crippen molar-refractivity contribution in [1.82, 2.24) is 4.90 Å². The number of nitro groups is 1. The molecule has 0 bridgehead atoms. The van der Waals surface area contributed by atoms with Gasteiger partial charge in [0.25, 0.3) is 16.8 Å². The van der Waals surface area contributed by atoms with Gasteiger partial charge in [-0.2, -0.15) is 0 Å². The van der Waals surface area contributed by atoms with Gasteiger partial charge in [-0.1, -0.05) is 30.3 Å². The number of methoxy groups -OCH3 is 1. The number of amides is 2. The third kappa shape index (κ3) is 5.67. The van der Waals surface area contributed by atoms with Gasteiger partial charge >= 0.3 is 0 Å². The Morgan fingerprint density at radius 3 is 2.34 bits per heavy atom. The molecule has 0 saturated carbocycles. The van der Waals surface area contributed by atoms with Crippen LogP contribution in [0.2, 0.25) is 0 Å². The van der Waals surface area contributed by atoms with Gasteiger partial charge in [-0.25, -0.2) is 4.39 Å². The summed E-state index contributed by atoms with van der Waals surface area (Å²) in [6.45, 7) is 0.233. The molecule has 1 fully saturated rings. The Hall–Kier alpha value is -4.18. The third-order valence-electron chi connectivity index (χ3n) is 5.15. The van der Waals surface area contributed by atoms with Gasteiger partial charge in [0, 0.05) is 12.1 Å². The predicted octanol–water partition coefficient (Wildman–Crippen LogP) is 5.56. The molecule has 1 aliphatic rings. The average molecular weight is 495 g/mol. The fourth-order valence-corrected chi connectivity index (χ4v) is 4.17. The second-order valence-electron chi connectivity index (χ2n) is 7.52. The summed E-state index contributed by atoms with van der Waals surface area (Å²) in [7, 11) is 1.49. The highest BCUT2D eigenvalue weighted by Crippen LogP contribution is 2.35. The molecule has 3 aromatic carbocycles. The molecule has 3 aromatic rings. The summed E-state index contributed by atoms with van der Waals surface area (Å²) in [5, 5.41) is 10.4. The predicted molar refractivity (Wildman–Crippen MR) is 128 cm³/mol. The number of carbonyl (C=O) groups is 2. The molecule has 1 aliphatic heterocycles. The molecule has 4 rings (SSSR count). The summed E-state index contributed by atoms with van der Waals surface area (Å²) in [6.07, 6.45) is 1.59. The average Bonchev–Trinajstić information content (AvgIpc) is 3.11. The Labute approximate surface area is 204 Å². The van der Waals surface area contributed by atoms with Crippen LogP contribution in [0.3, 0.4) is 0 Å². The van der Waals surface area contributed by atoms with Gasteiger partial charge in [0.1, 0.15) is 12.4 Å². The molecule has 0 unspecified atom stereocenters. The van der Waals surface area contributed by atoms with E-state index in [0.29, 0.717) is 22.6 Å². The Kier molecular flexibility index (Phi) is 7.11. The lowest BCUT2D eigenvalue weighted by Crippen LogP contribution is -2.27. The zero-order valence-corrected chi connectivity index (χ0v) is 19.3. The first-order valence-corrected chi connectivity index (χ1v) is 11.2. The number of non-ortho nitro benzene ring substituents is 1. The molecule has 178 valence electrons. The summed E-state index contributed by atoms with van der Waals surface area (Å²) in [6, 6.07) is 16.8. The fourth-order valence-electron chi connectivity index (χ4n) is 3.33. The number of rotatable bonds is 8. The minimum atomic E-state index is -0.514. The van der Waals surface area contributed by atoms with Crippen LogP contribution < -0.4 is 9.47 Å². The summed E-state index contributed by atoms with van der Waals surface area (Å²) < 4.78 is 24.2. The number of nitro benzene ring substituents is 1. The summed E-state index contributed by atoms with van der Waals surface area (Å²) in [4.78, 5) is 36.9. The van der Waals surface area contributed by atoms with E-state index >= 15 is 0 Å². The molecular weight excluding hydrogens is 475 g/mol. The minimum absolute atomic E-state index is 0.0134. The smallest absolute Gasteiger partial charge is 0.293 e. The van der Waals surface area contributed by atoms with Crippen molar-refractivity contribution in [3.8, 4) is 11.5 Å². The molecular formula is C25H19FN2O6S. The Balaban J connectivity index is 1.46. The van der Waals surface area contributed by atoms with Gasteiger partial charge in [0.05, 0.1) is 23.5 Å². The molecule has 0 atom stereocenters. The van der Waals surface area contributed by atoms with E-state index in [4.69, 9.17) is 9.47 Å². The van der Waals surface area contributed by atoms with Crippen LogP contribution in [0.15, 0.2) is 71.6 Å². The molecule has 10 heteroatoms. The topological polar surface area (TPSA) is 99.0 Å². The van der Waals surface area contributed by atoms with Crippen LogP contribution in [0.5, 0.6) is 11.5 Å². The zero-order valence-electron chi connectivity index (χ0n) is 18.5. The fraction of sp³-hybridized carbons (Fsp3) is 0.120. The number of halogens is 1. The standard InChI is InChI=1S/C25H19FN2O6S/c1-33-22-12-18(6-11-21(22)34-15-17-2-7-19(26)8-3-17)13-23-24(29)27(25(30)35-23)14-16-4-9-20(10-5-16)28(31)32/h2-13H,14-15H2,1H3/b23-13+. The lowest BCUT2D eigenvalue weighted by molar-refractivity contribution is -0.384. The monoisotopic (exact) mass is 494 g/mol. The van der Waals surface area contributed by atoms with Crippen LogP contribution in [0.25, 0.3) is 6.08 Å². The van der Waals surface area contributed by atoms with Gasteiger partial charge in [0.2, 0.25) is 0 Å². The molecule has 1 heterocycles. The van der Waals surface area contributed by atoms with Crippen LogP contribution in [0.1, 0.15) is 16.7 Å². The van der Waals surface area contributed by atoms with Crippen LogP contribution in [-0.4, -0.2) is 28.1 Å². The molecule has 0 aliphatic carbocycles. The van der Waals surface area contributed by atoms with E-state index in [1.54, 1.807) is 36.4 Å². The summed E-state index contributed by atoms with van der Waals surface area (Å²) >= 11 is 0.818. The molecule has 0 spiro atoms. The Morgan fingerprint density at radius 1 is 1.00 bits per heavy atom. The maximum atomic E-state index is 13.1. The largest absolute Gasteiger partial charge is 0.493 e. The number of thioether (sulfide) groups is 1. The first-order chi connectivity index (χ1) is 16.8. The molecule has 8 nitrogen and oxygen atoms in total. The molecule has 0 aromatic heterocycles. The molecule has 0 radical (unpaired) electrons. The van der Waals surface area contributed by atoms with Crippen molar-refractivity contribution in [2.75, 3.05) is 7.11 Å². The van der Waals surface area contributed by atoms with Crippen LogP contribution in [0.4, 0.5) is 14.9 Å². The summed E-state index contributed by atoms with van der Waals surface area (Å²) in [5.41, 5.74) is 1.96. The van der Waals surface area contributed by atoms with E-state index in [2.05, 4.69) is 0 Å². The first kappa shape index (κ1) is 24.0. The number of benzene rings is 3. The molecule has 35 heavy (non-hydrogen) atoms. The van der Waals surface area contributed by atoms with Gasteiger partial charge in [-0.3, -0.25) is 24.6 Å². The van der Waals surface area contributed by atoms with Crippen molar-refractivity contribution < 1.29 is 28.4 Å². The van der Waals surface area contributed by atoms with E-state index in [1.165, 1.54) is 43.5 Å².